The minimum atomic E-state index is -4.65. The van der Waals surface area contributed by atoms with Crippen LogP contribution in [0.3, 0.4) is 0 Å². The molecule has 14 heteroatoms. The van der Waals surface area contributed by atoms with Gasteiger partial charge in [0.25, 0.3) is 5.91 Å². The lowest BCUT2D eigenvalue weighted by atomic mass is 9.94. The second kappa shape index (κ2) is 12.9. The fourth-order valence-electron chi connectivity index (χ4n) is 4.99. The quantitative estimate of drug-likeness (QED) is 0.282. The molecule has 2 aliphatic heterocycles. The molecule has 0 spiro atoms. The number of carbonyl (C=O) groups excluding carboxylic acids is 2. The molecule has 10 nitrogen and oxygen atoms in total. The smallest absolute Gasteiger partial charge is 0.416 e. The maximum absolute atomic E-state index is 14.8. The van der Waals surface area contributed by atoms with E-state index < -0.39 is 29.5 Å². The number of nitrogens with zero attached hydrogens (tertiary/aromatic N) is 2. The van der Waals surface area contributed by atoms with E-state index in [-0.39, 0.29) is 52.6 Å². The Kier molecular flexibility index (Phi) is 9.08. The van der Waals surface area contributed by atoms with Crippen molar-refractivity contribution in [2.24, 2.45) is 5.92 Å². The number of hydrogen-bond acceptors (Lipinski definition) is 7. The van der Waals surface area contributed by atoms with Gasteiger partial charge in [-0.15, -0.1) is 0 Å². The van der Waals surface area contributed by atoms with E-state index in [4.69, 9.17) is 9.47 Å². The molecule has 4 N–H and O–H groups in total. The van der Waals surface area contributed by atoms with Crippen molar-refractivity contribution in [1.82, 2.24) is 20.5 Å². The van der Waals surface area contributed by atoms with Gasteiger partial charge in [0.05, 0.1) is 24.5 Å². The number of aromatic nitrogens is 1. The fourth-order valence-corrected chi connectivity index (χ4v) is 4.99. The number of ether oxygens (including phenoxy) is 2. The summed E-state index contributed by atoms with van der Waals surface area (Å²) in [4.78, 5) is 30.3. The summed E-state index contributed by atoms with van der Waals surface area (Å²) in [5.74, 6) is -0.682. The molecular weight excluding hydrogens is 572 g/mol. The molecule has 3 heterocycles. The van der Waals surface area contributed by atoms with Gasteiger partial charge in [0.15, 0.2) is 0 Å². The van der Waals surface area contributed by atoms with E-state index in [9.17, 15) is 27.2 Å². The van der Waals surface area contributed by atoms with Crippen LogP contribution in [0.5, 0.6) is 11.5 Å². The Morgan fingerprint density at radius 3 is 2.58 bits per heavy atom. The number of carbonyl (C=O) groups is 2. The van der Waals surface area contributed by atoms with E-state index in [0.29, 0.717) is 32.8 Å². The van der Waals surface area contributed by atoms with Crippen molar-refractivity contribution >= 4 is 23.3 Å². The first-order valence-corrected chi connectivity index (χ1v) is 13.6. The lowest BCUT2D eigenvalue weighted by Crippen LogP contribution is -2.58. The molecule has 0 radical (unpaired) electrons. The first kappa shape index (κ1) is 30.2. The summed E-state index contributed by atoms with van der Waals surface area (Å²) in [6.07, 6.45) is -3.29. The Balaban J connectivity index is 1.24. The van der Waals surface area contributed by atoms with Gasteiger partial charge < -0.3 is 30.7 Å². The number of halogens is 4. The van der Waals surface area contributed by atoms with E-state index in [1.165, 1.54) is 49.6 Å². The van der Waals surface area contributed by atoms with Gasteiger partial charge in [-0.05, 0) is 35.9 Å². The highest BCUT2D eigenvalue weighted by molar-refractivity contribution is 6.00. The zero-order valence-corrected chi connectivity index (χ0v) is 23.1. The van der Waals surface area contributed by atoms with Crippen LogP contribution in [-0.4, -0.2) is 67.8 Å². The van der Waals surface area contributed by atoms with E-state index in [1.54, 1.807) is 0 Å². The van der Waals surface area contributed by atoms with Gasteiger partial charge in [-0.3, -0.25) is 14.7 Å². The van der Waals surface area contributed by atoms with Crippen molar-refractivity contribution in [1.29, 1.82) is 0 Å². The van der Waals surface area contributed by atoms with Crippen LogP contribution in [0.1, 0.15) is 21.6 Å². The molecule has 1 aromatic heterocycles. The van der Waals surface area contributed by atoms with E-state index in [0.717, 1.165) is 12.1 Å². The van der Waals surface area contributed by atoms with Gasteiger partial charge >= 0.3 is 12.2 Å². The minimum absolute atomic E-state index is 0.0728. The van der Waals surface area contributed by atoms with Gasteiger partial charge in [0.1, 0.15) is 23.0 Å². The fraction of sp³-hybridized carbons (Fsp3) is 0.345. The molecule has 0 aliphatic carbocycles. The number of anilines is 2. The molecule has 2 saturated heterocycles. The van der Waals surface area contributed by atoms with Gasteiger partial charge in [0, 0.05) is 69.2 Å². The molecule has 3 aromatic rings. The summed E-state index contributed by atoms with van der Waals surface area (Å²) in [6, 6.07) is 9.28. The summed E-state index contributed by atoms with van der Waals surface area (Å²) in [7, 11) is 1.45. The molecule has 3 amide bonds. The van der Waals surface area contributed by atoms with Gasteiger partial charge in [0.2, 0.25) is 0 Å². The number of amides is 3. The topological polar surface area (TPSA) is 117 Å². The van der Waals surface area contributed by atoms with E-state index in [2.05, 4.69) is 26.3 Å². The summed E-state index contributed by atoms with van der Waals surface area (Å²) < 4.78 is 67.8. The van der Waals surface area contributed by atoms with Gasteiger partial charge in [-0.25, -0.2) is 9.18 Å². The standard InChI is InChI=1S/C29H30F4N6O4/c1-34-27(40)25-12-21(6-7-36-25)43-20-4-5-24(23(30)11-20)38-28(41)37-19-3-2-17(22(10-19)29(31,32)33)14-39-9-8-35-13-26(39)18-15-42-16-18/h2-7,10-12,18,26,35H,8-9,13-16H2,1H3,(H,34,40)(H2,37,38,41). The first-order valence-electron chi connectivity index (χ1n) is 13.6. The van der Waals surface area contributed by atoms with Gasteiger partial charge in [-0.2, -0.15) is 13.2 Å². The molecule has 2 aliphatic rings. The summed E-state index contributed by atoms with van der Waals surface area (Å²) in [5.41, 5.74) is -0.959. The average molecular weight is 603 g/mol. The Morgan fingerprint density at radius 1 is 1.09 bits per heavy atom. The number of urea groups is 1. The van der Waals surface area contributed by atoms with E-state index in [1.807, 2.05) is 4.90 Å². The van der Waals surface area contributed by atoms with Gasteiger partial charge in [-0.1, -0.05) is 6.07 Å². The van der Waals surface area contributed by atoms with Crippen LogP contribution in [0.4, 0.5) is 33.7 Å². The molecule has 0 saturated carbocycles. The molecule has 2 aromatic carbocycles. The highest BCUT2D eigenvalue weighted by atomic mass is 19.4. The Bertz CT molecular complexity index is 1480. The number of alkyl halides is 3. The predicted octanol–water partition coefficient (Wildman–Crippen LogP) is 4.46. The molecule has 228 valence electrons. The maximum atomic E-state index is 14.8. The Hall–Kier alpha value is -4.27. The lowest BCUT2D eigenvalue weighted by molar-refractivity contribution is -0.138. The number of piperazine rings is 1. The number of nitrogens with one attached hydrogen (secondary N) is 4. The van der Waals surface area contributed by atoms with Crippen LogP contribution in [0.25, 0.3) is 0 Å². The minimum Gasteiger partial charge on any atom is -0.457 e. The van der Waals surface area contributed by atoms with Crippen molar-refractivity contribution in [2.45, 2.75) is 18.8 Å². The third-order valence-corrected chi connectivity index (χ3v) is 7.27. The van der Waals surface area contributed by atoms with E-state index >= 15 is 0 Å². The molecule has 43 heavy (non-hydrogen) atoms. The SMILES string of the molecule is CNC(=O)c1cc(Oc2ccc(NC(=O)Nc3ccc(CN4CCNCC4C4COC4)c(C(F)(F)F)c3)c(F)c2)ccn1. The zero-order chi connectivity index (χ0) is 30.6. The second-order valence-corrected chi connectivity index (χ2v) is 10.2. The van der Waals surface area contributed by atoms with Crippen LogP contribution in [-0.2, 0) is 17.5 Å². The van der Waals surface area contributed by atoms with Crippen LogP contribution >= 0.6 is 0 Å². The predicted molar refractivity (Wildman–Crippen MR) is 150 cm³/mol. The monoisotopic (exact) mass is 602 g/mol. The van der Waals surface area contributed by atoms with Crippen LogP contribution in [0.15, 0.2) is 54.7 Å². The van der Waals surface area contributed by atoms with Crippen molar-refractivity contribution in [3.63, 3.8) is 0 Å². The largest absolute Gasteiger partial charge is 0.457 e. The first-order chi connectivity index (χ1) is 20.6. The highest BCUT2D eigenvalue weighted by Crippen LogP contribution is 2.35. The summed E-state index contributed by atoms with van der Waals surface area (Å²) >= 11 is 0. The Labute approximate surface area is 244 Å². The molecule has 0 bridgehead atoms. The molecular formula is C29H30F4N6O4. The normalized spacial score (nSPS) is 17.6. The van der Waals surface area contributed by atoms with Crippen LogP contribution in [0.2, 0.25) is 0 Å². The third-order valence-electron chi connectivity index (χ3n) is 7.27. The zero-order valence-electron chi connectivity index (χ0n) is 23.1. The van der Waals surface area contributed by atoms with Crippen molar-refractivity contribution in [2.75, 3.05) is 50.5 Å². The van der Waals surface area contributed by atoms with Crippen molar-refractivity contribution in [3.05, 3.63) is 77.4 Å². The molecule has 1 atom stereocenters. The maximum Gasteiger partial charge on any atom is 0.416 e. The Morgan fingerprint density at radius 2 is 1.88 bits per heavy atom. The number of rotatable bonds is 8. The molecule has 2 fully saturated rings. The number of pyridine rings is 1. The van der Waals surface area contributed by atoms with Crippen LogP contribution < -0.4 is 26.0 Å². The second-order valence-electron chi connectivity index (χ2n) is 10.2. The number of benzene rings is 2. The van der Waals surface area contributed by atoms with Crippen molar-refractivity contribution in [3.8, 4) is 11.5 Å². The van der Waals surface area contributed by atoms with Crippen molar-refractivity contribution < 1.29 is 36.6 Å². The molecule has 1 unspecified atom stereocenters. The van der Waals surface area contributed by atoms with Crippen LogP contribution in [0, 0.1) is 11.7 Å². The number of hydrogen-bond donors (Lipinski definition) is 4. The summed E-state index contributed by atoms with van der Waals surface area (Å²) in [5, 5.41) is 10.4. The highest BCUT2D eigenvalue weighted by Gasteiger charge is 2.37. The third kappa shape index (κ3) is 7.39. The lowest BCUT2D eigenvalue weighted by Gasteiger charge is -2.44. The summed E-state index contributed by atoms with van der Waals surface area (Å²) in [6.45, 7) is 3.26. The molecule has 5 rings (SSSR count). The average Bonchev–Trinajstić information content (AvgIpc) is 2.94.